The molecule has 2 amide bonds. The first-order chi connectivity index (χ1) is 9.63. The molecule has 0 aromatic rings. The minimum atomic E-state index is -0.250. The molecule has 2 aliphatic heterocycles. The van der Waals surface area contributed by atoms with Crippen LogP contribution in [0.2, 0.25) is 0 Å². The van der Waals surface area contributed by atoms with Crippen molar-refractivity contribution in [1.82, 2.24) is 9.80 Å². The van der Waals surface area contributed by atoms with Crippen LogP contribution in [0.1, 0.15) is 58.8 Å². The molecule has 2 saturated heterocycles. The predicted octanol–water partition coefficient (Wildman–Crippen LogP) is 2.18. The fraction of sp³-hybridized carbons (Fsp3) is 0.875. The van der Waals surface area contributed by atoms with Crippen molar-refractivity contribution in [2.45, 2.75) is 76.9 Å². The number of carbonyl (C=O) groups excluding carboxylic acids is 2. The number of amides is 2. The molecule has 0 bridgehead atoms. The summed E-state index contributed by atoms with van der Waals surface area (Å²) in [7, 11) is 0. The highest BCUT2D eigenvalue weighted by Crippen LogP contribution is 2.34. The number of nitrogens with zero attached hydrogens (tertiary/aromatic N) is 2. The third-order valence-electron chi connectivity index (χ3n) is 5.64. The molecular formula is C16H26N2O2. The van der Waals surface area contributed by atoms with Crippen LogP contribution < -0.4 is 0 Å². The van der Waals surface area contributed by atoms with E-state index >= 15 is 0 Å². The van der Waals surface area contributed by atoms with Gasteiger partial charge in [0.05, 0.1) is 0 Å². The molecule has 112 valence electrons. The number of fused-ring (bicyclic) bond motifs is 1. The molecule has 2 heterocycles. The fourth-order valence-electron chi connectivity index (χ4n) is 4.34. The maximum absolute atomic E-state index is 12.7. The van der Waals surface area contributed by atoms with Crippen LogP contribution in [-0.4, -0.2) is 46.3 Å². The molecule has 0 aromatic carbocycles. The SMILES string of the molecule is CCC1CCC(N2C(=O)C3CCCN3C(=O)C2C)CC1. The van der Waals surface area contributed by atoms with Gasteiger partial charge in [0.2, 0.25) is 11.8 Å². The van der Waals surface area contributed by atoms with Crippen molar-refractivity contribution in [3.05, 3.63) is 0 Å². The summed E-state index contributed by atoms with van der Waals surface area (Å²) in [5.74, 6) is 1.21. The van der Waals surface area contributed by atoms with E-state index in [0.29, 0.717) is 6.04 Å². The number of rotatable bonds is 2. The van der Waals surface area contributed by atoms with Gasteiger partial charge in [-0.05, 0) is 51.4 Å². The monoisotopic (exact) mass is 278 g/mol. The van der Waals surface area contributed by atoms with Gasteiger partial charge >= 0.3 is 0 Å². The molecule has 0 radical (unpaired) electrons. The van der Waals surface area contributed by atoms with Gasteiger partial charge in [0.15, 0.2) is 0 Å². The van der Waals surface area contributed by atoms with E-state index in [1.54, 1.807) is 0 Å². The van der Waals surface area contributed by atoms with Crippen LogP contribution in [0.25, 0.3) is 0 Å². The number of carbonyl (C=O) groups is 2. The molecule has 4 nitrogen and oxygen atoms in total. The summed E-state index contributed by atoms with van der Waals surface area (Å²) in [6.45, 7) is 4.94. The van der Waals surface area contributed by atoms with Gasteiger partial charge in [-0.15, -0.1) is 0 Å². The molecule has 0 N–H and O–H groups in total. The molecule has 3 aliphatic rings. The van der Waals surface area contributed by atoms with Crippen molar-refractivity contribution >= 4 is 11.8 Å². The molecule has 0 aromatic heterocycles. The smallest absolute Gasteiger partial charge is 0.246 e. The van der Waals surface area contributed by atoms with Gasteiger partial charge in [-0.3, -0.25) is 9.59 Å². The average Bonchev–Trinajstić information content (AvgIpc) is 2.96. The van der Waals surface area contributed by atoms with Gasteiger partial charge < -0.3 is 9.80 Å². The molecule has 2 unspecified atom stereocenters. The highest BCUT2D eigenvalue weighted by molar-refractivity contribution is 5.97. The Labute approximate surface area is 121 Å². The first-order valence-electron chi connectivity index (χ1n) is 8.26. The lowest BCUT2D eigenvalue weighted by Gasteiger charge is -2.46. The largest absolute Gasteiger partial charge is 0.329 e. The van der Waals surface area contributed by atoms with Crippen LogP contribution in [0.4, 0.5) is 0 Å². The molecule has 20 heavy (non-hydrogen) atoms. The second-order valence-electron chi connectivity index (χ2n) is 6.69. The van der Waals surface area contributed by atoms with Crippen LogP contribution in [0.15, 0.2) is 0 Å². The molecule has 3 fully saturated rings. The first-order valence-corrected chi connectivity index (χ1v) is 8.26. The van der Waals surface area contributed by atoms with Crippen molar-refractivity contribution in [2.75, 3.05) is 6.54 Å². The van der Waals surface area contributed by atoms with Crippen molar-refractivity contribution in [1.29, 1.82) is 0 Å². The van der Waals surface area contributed by atoms with Crippen LogP contribution in [0.5, 0.6) is 0 Å². The third kappa shape index (κ3) is 2.13. The molecule has 3 rings (SSSR count). The molecular weight excluding hydrogens is 252 g/mol. The number of hydrogen-bond donors (Lipinski definition) is 0. The van der Waals surface area contributed by atoms with Gasteiger partial charge in [-0.25, -0.2) is 0 Å². The van der Waals surface area contributed by atoms with E-state index in [1.807, 2.05) is 16.7 Å². The Morgan fingerprint density at radius 2 is 1.75 bits per heavy atom. The summed E-state index contributed by atoms with van der Waals surface area (Å²) in [6, 6.07) is -0.102. The summed E-state index contributed by atoms with van der Waals surface area (Å²) >= 11 is 0. The zero-order chi connectivity index (χ0) is 14.3. The third-order valence-corrected chi connectivity index (χ3v) is 5.64. The minimum Gasteiger partial charge on any atom is -0.329 e. The van der Waals surface area contributed by atoms with Crippen molar-refractivity contribution in [2.24, 2.45) is 5.92 Å². The van der Waals surface area contributed by atoms with E-state index in [0.717, 1.165) is 38.1 Å². The second-order valence-corrected chi connectivity index (χ2v) is 6.69. The van der Waals surface area contributed by atoms with E-state index < -0.39 is 0 Å². The summed E-state index contributed by atoms with van der Waals surface area (Å²) in [6.07, 6.45) is 7.65. The Bertz CT molecular complexity index is 401. The Balaban J connectivity index is 1.75. The van der Waals surface area contributed by atoms with E-state index in [-0.39, 0.29) is 23.9 Å². The quantitative estimate of drug-likeness (QED) is 0.777. The van der Waals surface area contributed by atoms with Crippen LogP contribution in [0.3, 0.4) is 0 Å². The van der Waals surface area contributed by atoms with E-state index in [2.05, 4.69) is 6.92 Å². The Morgan fingerprint density at radius 3 is 2.40 bits per heavy atom. The Morgan fingerprint density at radius 1 is 1.05 bits per heavy atom. The number of hydrogen-bond acceptors (Lipinski definition) is 2. The Hall–Kier alpha value is -1.06. The normalized spacial score (nSPS) is 38.3. The lowest BCUT2D eigenvalue weighted by Crippen LogP contribution is -2.64. The molecule has 1 aliphatic carbocycles. The lowest BCUT2D eigenvalue weighted by molar-refractivity contribution is -0.162. The maximum Gasteiger partial charge on any atom is 0.246 e. The van der Waals surface area contributed by atoms with Crippen LogP contribution >= 0.6 is 0 Å². The van der Waals surface area contributed by atoms with E-state index in [9.17, 15) is 9.59 Å². The van der Waals surface area contributed by atoms with E-state index in [4.69, 9.17) is 0 Å². The topological polar surface area (TPSA) is 40.6 Å². The fourth-order valence-corrected chi connectivity index (χ4v) is 4.34. The Kier molecular flexibility index (Phi) is 3.74. The maximum atomic E-state index is 12.7. The zero-order valence-electron chi connectivity index (χ0n) is 12.7. The standard InChI is InChI=1S/C16H26N2O2/c1-3-12-6-8-13(9-7-12)18-11(2)15(19)17-10-4-5-14(17)16(18)20/h11-14H,3-10H2,1-2H3. The van der Waals surface area contributed by atoms with Crippen molar-refractivity contribution in [3.63, 3.8) is 0 Å². The first kappa shape index (κ1) is 13.9. The van der Waals surface area contributed by atoms with Gasteiger partial charge in [0, 0.05) is 12.6 Å². The molecule has 1 saturated carbocycles. The van der Waals surface area contributed by atoms with Gasteiger partial charge in [-0.2, -0.15) is 0 Å². The average molecular weight is 278 g/mol. The summed E-state index contributed by atoms with van der Waals surface area (Å²) < 4.78 is 0. The molecule has 2 atom stereocenters. The summed E-state index contributed by atoms with van der Waals surface area (Å²) in [5, 5.41) is 0. The van der Waals surface area contributed by atoms with Crippen molar-refractivity contribution < 1.29 is 9.59 Å². The van der Waals surface area contributed by atoms with Crippen LogP contribution in [0, 0.1) is 5.92 Å². The predicted molar refractivity (Wildman–Crippen MR) is 77.1 cm³/mol. The highest BCUT2D eigenvalue weighted by Gasteiger charge is 2.48. The van der Waals surface area contributed by atoms with E-state index in [1.165, 1.54) is 19.3 Å². The number of piperazine rings is 1. The summed E-state index contributed by atoms with van der Waals surface area (Å²) in [4.78, 5) is 29.0. The highest BCUT2D eigenvalue weighted by atomic mass is 16.2. The van der Waals surface area contributed by atoms with Gasteiger partial charge in [-0.1, -0.05) is 13.3 Å². The second kappa shape index (κ2) is 5.38. The van der Waals surface area contributed by atoms with Crippen LogP contribution in [-0.2, 0) is 9.59 Å². The molecule has 0 spiro atoms. The lowest BCUT2D eigenvalue weighted by atomic mass is 9.83. The van der Waals surface area contributed by atoms with Gasteiger partial charge in [0.1, 0.15) is 12.1 Å². The molecule has 4 heteroatoms. The van der Waals surface area contributed by atoms with Gasteiger partial charge in [0.25, 0.3) is 0 Å². The summed E-state index contributed by atoms with van der Waals surface area (Å²) in [5.41, 5.74) is 0. The zero-order valence-corrected chi connectivity index (χ0v) is 12.7. The van der Waals surface area contributed by atoms with Crippen molar-refractivity contribution in [3.8, 4) is 0 Å². The minimum absolute atomic E-state index is 0.150.